The van der Waals surface area contributed by atoms with Gasteiger partial charge in [-0.25, -0.2) is 10.2 Å². The van der Waals surface area contributed by atoms with Crippen molar-refractivity contribution in [2.45, 2.75) is 0 Å². The van der Waals surface area contributed by atoms with Crippen LogP contribution in [0.3, 0.4) is 0 Å². The SMILES string of the molecule is COc1ccc(C(=O)N/N=C\c2cc(I)c(OC(=O)c3ccc(OC)cc3)c(OC)c2)cc1. The minimum Gasteiger partial charge on any atom is -0.497 e. The second kappa shape index (κ2) is 11.3. The summed E-state index contributed by atoms with van der Waals surface area (Å²) in [5, 5.41) is 4.00. The highest BCUT2D eigenvalue weighted by molar-refractivity contribution is 14.1. The van der Waals surface area contributed by atoms with Gasteiger partial charge in [0, 0.05) is 5.56 Å². The Bertz CT molecular complexity index is 1160. The summed E-state index contributed by atoms with van der Waals surface area (Å²) in [5.41, 5.74) is 3.94. The molecule has 0 unspecified atom stereocenters. The number of carbonyl (C=O) groups is 2. The molecule has 0 aliphatic carbocycles. The Kier molecular flexibility index (Phi) is 8.25. The molecule has 3 rings (SSSR count). The van der Waals surface area contributed by atoms with Gasteiger partial charge in [-0.2, -0.15) is 5.10 Å². The van der Waals surface area contributed by atoms with E-state index in [1.807, 2.05) is 22.6 Å². The Labute approximate surface area is 204 Å². The van der Waals surface area contributed by atoms with Gasteiger partial charge in [-0.15, -0.1) is 0 Å². The Hall–Kier alpha value is -3.60. The number of hydrazone groups is 1. The molecule has 3 aromatic carbocycles. The van der Waals surface area contributed by atoms with Gasteiger partial charge in [0.15, 0.2) is 11.5 Å². The van der Waals surface area contributed by atoms with Crippen LogP contribution in [0.1, 0.15) is 26.3 Å². The molecule has 0 saturated carbocycles. The lowest BCUT2D eigenvalue weighted by Gasteiger charge is -2.12. The molecule has 3 aromatic rings. The molecule has 1 N–H and O–H groups in total. The minimum absolute atomic E-state index is 0.290. The quantitative estimate of drug-likeness (QED) is 0.145. The second-order valence-corrected chi connectivity index (χ2v) is 7.74. The van der Waals surface area contributed by atoms with Crippen LogP contribution in [0.4, 0.5) is 0 Å². The summed E-state index contributed by atoms with van der Waals surface area (Å²) < 4.78 is 21.8. The van der Waals surface area contributed by atoms with Crippen LogP contribution in [-0.2, 0) is 0 Å². The number of ether oxygens (including phenoxy) is 4. The zero-order valence-electron chi connectivity index (χ0n) is 18.1. The fraction of sp³-hybridized carbons (Fsp3) is 0.125. The molecule has 8 nitrogen and oxygen atoms in total. The van der Waals surface area contributed by atoms with E-state index in [1.165, 1.54) is 13.3 Å². The highest BCUT2D eigenvalue weighted by Crippen LogP contribution is 2.34. The average Bonchev–Trinajstić information content (AvgIpc) is 2.85. The third-order valence-corrected chi connectivity index (χ3v) is 5.31. The van der Waals surface area contributed by atoms with Gasteiger partial charge in [-0.3, -0.25) is 4.79 Å². The van der Waals surface area contributed by atoms with Gasteiger partial charge in [0.1, 0.15) is 11.5 Å². The summed E-state index contributed by atoms with van der Waals surface area (Å²) in [6.07, 6.45) is 1.47. The maximum Gasteiger partial charge on any atom is 0.343 e. The normalized spacial score (nSPS) is 10.5. The number of esters is 1. The molecule has 0 saturated heterocycles. The topological polar surface area (TPSA) is 95.5 Å². The lowest BCUT2D eigenvalue weighted by molar-refractivity contribution is 0.0728. The Morgan fingerprint density at radius 1 is 0.848 bits per heavy atom. The Morgan fingerprint density at radius 2 is 1.42 bits per heavy atom. The van der Waals surface area contributed by atoms with Crippen molar-refractivity contribution in [3.63, 3.8) is 0 Å². The molecule has 0 fully saturated rings. The molecular formula is C24H21IN2O6. The van der Waals surface area contributed by atoms with Crippen molar-refractivity contribution < 1.29 is 28.5 Å². The van der Waals surface area contributed by atoms with Crippen molar-refractivity contribution in [3.8, 4) is 23.0 Å². The molecular weight excluding hydrogens is 539 g/mol. The van der Waals surface area contributed by atoms with E-state index < -0.39 is 5.97 Å². The molecule has 0 aliphatic heterocycles. The summed E-state index contributed by atoms with van der Waals surface area (Å²) in [4.78, 5) is 24.8. The molecule has 0 aliphatic rings. The van der Waals surface area contributed by atoms with Crippen molar-refractivity contribution in [2.24, 2.45) is 5.10 Å². The fourth-order valence-corrected chi connectivity index (χ4v) is 3.50. The predicted octanol–water partition coefficient (Wildman–Crippen LogP) is 4.30. The maximum absolute atomic E-state index is 12.5. The zero-order chi connectivity index (χ0) is 23.8. The van der Waals surface area contributed by atoms with Gasteiger partial charge in [-0.1, -0.05) is 0 Å². The van der Waals surface area contributed by atoms with Crippen LogP contribution in [0.15, 0.2) is 65.8 Å². The van der Waals surface area contributed by atoms with E-state index in [-0.39, 0.29) is 5.91 Å². The molecule has 33 heavy (non-hydrogen) atoms. The molecule has 0 aromatic heterocycles. The summed E-state index contributed by atoms with van der Waals surface area (Å²) in [6.45, 7) is 0. The highest BCUT2D eigenvalue weighted by atomic mass is 127. The fourth-order valence-electron chi connectivity index (χ4n) is 2.76. The summed E-state index contributed by atoms with van der Waals surface area (Å²) in [6, 6.07) is 16.7. The molecule has 0 spiro atoms. The van der Waals surface area contributed by atoms with Gasteiger partial charge in [0.2, 0.25) is 0 Å². The van der Waals surface area contributed by atoms with Crippen molar-refractivity contribution >= 4 is 40.7 Å². The molecule has 0 radical (unpaired) electrons. The van der Waals surface area contributed by atoms with Crippen LogP contribution < -0.4 is 24.4 Å². The highest BCUT2D eigenvalue weighted by Gasteiger charge is 2.17. The Balaban J connectivity index is 1.70. The number of hydrogen-bond donors (Lipinski definition) is 1. The summed E-state index contributed by atoms with van der Waals surface area (Å²) >= 11 is 2.04. The molecule has 0 heterocycles. The first-order valence-electron chi connectivity index (χ1n) is 9.66. The lowest BCUT2D eigenvalue weighted by atomic mass is 10.2. The monoisotopic (exact) mass is 560 g/mol. The maximum atomic E-state index is 12.5. The average molecular weight is 560 g/mol. The first-order chi connectivity index (χ1) is 15.9. The summed E-state index contributed by atoms with van der Waals surface area (Å²) in [7, 11) is 4.58. The van der Waals surface area contributed by atoms with Gasteiger partial charge in [0.25, 0.3) is 5.91 Å². The third-order valence-electron chi connectivity index (χ3n) is 4.50. The third kappa shape index (κ3) is 6.22. The van der Waals surface area contributed by atoms with Gasteiger partial charge < -0.3 is 18.9 Å². The summed E-state index contributed by atoms with van der Waals surface area (Å²) in [5.74, 6) is 1.05. The largest absolute Gasteiger partial charge is 0.497 e. The number of methoxy groups -OCH3 is 3. The smallest absolute Gasteiger partial charge is 0.343 e. The number of halogens is 1. The first kappa shape index (κ1) is 24.1. The predicted molar refractivity (Wildman–Crippen MR) is 132 cm³/mol. The van der Waals surface area contributed by atoms with E-state index in [4.69, 9.17) is 18.9 Å². The molecule has 170 valence electrons. The van der Waals surface area contributed by atoms with Crippen molar-refractivity contribution in [1.82, 2.24) is 5.43 Å². The first-order valence-corrected chi connectivity index (χ1v) is 10.7. The van der Waals surface area contributed by atoms with Crippen molar-refractivity contribution in [1.29, 1.82) is 0 Å². The molecule has 1 amide bonds. The van der Waals surface area contributed by atoms with E-state index in [0.717, 1.165) is 0 Å². The molecule has 9 heteroatoms. The van der Waals surface area contributed by atoms with Gasteiger partial charge >= 0.3 is 5.97 Å². The molecule has 0 atom stereocenters. The number of nitrogens with zero attached hydrogens (tertiary/aromatic N) is 1. The second-order valence-electron chi connectivity index (χ2n) is 6.58. The van der Waals surface area contributed by atoms with E-state index in [9.17, 15) is 9.59 Å². The van der Waals surface area contributed by atoms with E-state index in [2.05, 4.69) is 10.5 Å². The van der Waals surface area contributed by atoms with Crippen LogP contribution >= 0.6 is 22.6 Å². The molecule has 0 bridgehead atoms. The zero-order valence-corrected chi connectivity index (χ0v) is 20.3. The van der Waals surface area contributed by atoms with E-state index in [0.29, 0.717) is 43.3 Å². The lowest BCUT2D eigenvalue weighted by Crippen LogP contribution is -2.17. The number of carbonyl (C=O) groups excluding carboxylic acids is 2. The van der Waals surface area contributed by atoms with Gasteiger partial charge in [-0.05, 0) is 88.8 Å². The number of rotatable bonds is 8. The Morgan fingerprint density at radius 3 is 1.97 bits per heavy atom. The number of benzene rings is 3. The van der Waals surface area contributed by atoms with Crippen LogP contribution in [0.2, 0.25) is 0 Å². The number of nitrogens with one attached hydrogen (secondary N) is 1. The minimum atomic E-state index is -0.526. The van der Waals surface area contributed by atoms with Gasteiger partial charge in [0.05, 0.1) is 36.7 Å². The number of hydrogen-bond acceptors (Lipinski definition) is 7. The van der Waals surface area contributed by atoms with Crippen molar-refractivity contribution in [3.05, 3.63) is 80.9 Å². The van der Waals surface area contributed by atoms with Crippen LogP contribution in [0.5, 0.6) is 23.0 Å². The van der Waals surface area contributed by atoms with Crippen LogP contribution in [0.25, 0.3) is 0 Å². The van der Waals surface area contributed by atoms with E-state index in [1.54, 1.807) is 74.9 Å². The number of amides is 1. The van der Waals surface area contributed by atoms with E-state index >= 15 is 0 Å². The standard InChI is InChI=1S/C24H21IN2O6/c1-30-18-8-4-16(5-9-18)23(28)27-26-14-15-12-20(25)22(21(13-15)32-3)33-24(29)17-6-10-19(31-2)11-7-17/h4-14H,1-3H3,(H,27,28)/b26-14-. The van der Waals surface area contributed by atoms with Crippen LogP contribution in [-0.4, -0.2) is 39.4 Å². The van der Waals surface area contributed by atoms with Crippen LogP contribution in [0, 0.1) is 3.57 Å². The van der Waals surface area contributed by atoms with Crippen molar-refractivity contribution in [2.75, 3.05) is 21.3 Å².